The molecular weight excluding hydrogens is 696 g/mol. The molecule has 55 heavy (non-hydrogen) atoms. The van der Waals surface area contributed by atoms with Crippen LogP contribution in [0.3, 0.4) is 0 Å². The highest BCUT2D eigenvalue weighted by Crippen LogP contribution is 2.52. The van der Waals surface area contributed by atoms with Crippen LogP contribution in [0.5, 0.6) is 46.0 Å². The van der Waals surface area contributed by atoms with E-state index in [0.717, 1.165) is 57.8 Å². The van der Waals surface area contributed by atoms with E-state index in [1.165, 1.54) is 24.3 Å². The number of rotatable bonds is 15. The summed E-state index contributed by atoms with van der Waals surface area (Å²) in [7, 11) is 0. The van der Waals surface area contributed by atoms with Gasteiger partial charge in [-0.05, 0) is 56.4 Å². The van der Waals surface area contributed by atoms with Crippen molar-refractivity contribution in [3.8, 4) is 46.0 Å². The van der Waals surface area contributed by atoms with Crippen molar-refractivity contribution in [3.63, 3.8) is 0 Å². The van der Waals surface area contributed by atoms with E-state index in [1.54, 1.807) is 24.3 Å². The summed E-state index contributed by atoms with van der Waals surface area (Å²) < 4.78 is 0. The average molecular weight is 757 g/mol. The topological polar surface area (TPSA) is 182 Å². The van der Waals surface area contributed by atoms with E-state index < -0.39 is 23.7 Å². The largest absolute Gasteiger partial charge is 0.508 e. The standard InChI is InChI=1S/C46H60O9/c1-4-7-10-14-27-31-19-33(41(50)23-39(31)48)28(15-11-8-5-2)35-21-37(45(54)25-43(35)52)30(17-13-18-47)38-22-36(44(53)26-46(38)55)29(16-12-9-6-3)34-20-32(27)40(49)24-42(34)51/h19-30,47-55H,4-18H2,1-3H3. The average Bonchev–Trinajstić information content (AvgIpc) is 3.13. The number of aromatic hydroxyl groups is 8. The first-order valence-electron chi connectivity index (χ1n) is 20.3. The molecule has 9 N–H and O–H groups in total. The summed E-state index contributed by atoms with van der Waals surface area (Å²) in [5.74, 6) is -3.79. The molecule has 9 nitrogen and oxygen atoms in total. The maximum atomic E-state index is 11.6. The van der Waals surface area contributed by atoms with Crippen LogP contribution >= 0.6 is 0 Å². The third kappa shape index (κ3) is 9.04. The summed E-state index contributed by atoms with van der Waals surface area (Å²) in [5, 5.41) is 102. The normalized spacial score (nSPS) is 18.0. The highest BCUT2D eigenvalue weighted by atomic mass is 16.3. The number of aliphatic hydroxyl groups is 1. The molecule has 2 atom stereocenters. The fourth-order valence-electron chi connectivity index (χ4n) is 8.68. The lowest BCUT2D eigenvalue weighted by molar-refractivity contribution is 0.281. The van der Waals surface area contributed by atoms with Crippen molar-refractivity contribution in [1.29, 1.82) is 0 Å². The van der Waals surface area contributed by atoms with Gasteiger partial charge in [-0.2, -0.15) is 0 Å². The molecule has 298 valence electrons. The second kappa shape index (κ2) is 18.7. The van der Waals surface area contributed by atoms with Crippen LogP contribution in [0.1, 0.15) is 179 Å². The minimum atomic E-state index is -0.692. The number of aliphatic hydroxyl groups excluding tert-OH is 1. The molecule has 0 aromatic heterocycles. The number of fused-ring (bicyclic) bond motifs is 8. The molecule has 0 radical (unpaired) electrons. The molecule has 5 rings (SSSR count). The third-order valence-electron chi connectivity index (χ3n) is 11.6. The number of unbranched alkanes of at least 4 members (excludes halogenated alkanes) is 6. The maximum absolute atomic E-state index is 11.6. The SMILES string of the molecule is CCCCCC1c2cc(c(O)cc2O)C(CCCO)c2cc(c(O)cc2O)C(CCCCC)c2cc(c(O)cc2O)C(CCCCC)c2cc1c(O)cc2O. The Morgan fingerprint density at radius 1 is 0.309 bits per heavy atom. The highest BCUT2D eigenvalue weighted by Gasteiger charge is 2.33. The van der Waals surface area contributed by atoms with E-state index in [1.807, 2.05) is 0 Å². The zero-order chi connectivity index (χ0) is 39.8. The first-order chi connectivity index (χ1) is 26.4. The molecule has 4 aromatic rings. The molecular formula is C46H60O9. The van der Waals surface area contributed by atoms with Crippen molar-refractivity contribution in [2.75, 3.05) is 6.61 Å². The van der Waals surface area contributed by atoms with E-state index in [-0.39, 0.29) is 52.6 Å². The van der Waals surface area contributed by atoms with E-state index in [4.69, 9.17) is 0 Å². The second-order valence-corrected chi connectivity index (χ2v) is 15.4. The maximum Gasteiger partial charge on any atom is 0.123 e. The van der Waals surface area contributed by atoms with Crippen molar-refractivity contribution in [3.05, 3.63) is 93.0 Å². The van der Waals surface area contributed by atoms with Crippen molar-refractivity contribution < 1.29 is 46.0 Å². The van der Waals surface area contributed by atoms with Crippen LogP contribution in [-0.2, 0) is 0 Å². The van der Waals surface area contributed by atoms with Gasteiger partial charge in [-0.25, -0.2) is 0 Å². The Kier molecular flexibility index (Phi) is 14.1. The van der Waals surface area contributed by atoms with Crippen LogP contribution in [0.15, 0.2) is 48.5 Å². The molecule has 0 aliphatic heterocycles. The Balaban J connectivity index is 1.93. The van der Waals surface area contributed by atoms with E-state index in [9.17, 15) is 46.0 Å². The van der Waals surface area contributed by atoms with Gasteiger partial charge < -0.3 is 46.0 Å². The minimum absolute atomic E-state index is 0.148. The smallest absolute Gasteiger partial charge is 0.123 e. The monoisotopic (exact) mass is 756 g/mol. The number of hydrogen-bond donors (Lipinski definition) is 9. The molecule has 0 fully saturated rings. The van der Waals surface area contributed by atoms with Crippen LogP contribution in [0.4, 0.5) is 0 Å². The third-order valence-corrected chi connectivity index (χ3v) is 11.6. The van der Waals surface area contributed by atoms with E-state index in [0.29, 0.717) is 76.6 Å². The van der Waals surface area contributed by atoms with Gasteiger partial charge in [0.15, 0.2) is 0 Å². The van der Waals surface area contributed by atoms with Gasteiger partial charge in [-0.15, -0.1) is 0 Å². The fraction of sp³-hybridized carbons (Fsp3) is 0.478. The van der Waals surface area contributed by atoms with Crippen molar-refractivity contribution in [2.24, 2.45) is 0 Å². The first kappa shape index (κ1) is 41.4. The van der Waals surface area contributed by atoms with Gasteiger partial charge in [0.25, 0.3) is 0 Å². The Bertz CT molecular complexity index is 1790. The van der Waals surface area contributed by atoms with Crippen LogP contribution < -0.4 is 0 Å². The van der Waals surface area contributed by atoms with Crippen LogP contribution in [-0.4, -0.2) is 52.6 Å². The van der Waals surface area contributed by atoms with Crippen molar-refractivity contribution in [2.45, 2.75) is 134 Å². The molecule has 2 unspecified atom stereocenters. The van der Waals surface area contributed by atoms with Gasteiger partial charge in [-0.1, -0.05) is 78.6 Å². The molecule has 8 bridgehead atoms. The minimum Gasteiger partial charge on any atom is -0.508 e. The fourth-order valence-corrected chi connectivity index (χ4v) is 8.68. The molecule has 0 amide bonds. The molecule has 1 aliphatic carbocycles. The Labute approximate surface area is 325 Å². The molecule has 0 spiro atoms. The number of phenolic OH excluding ortho intramolecular Hbond substituents is 8. The lowest BCUT2D eigenvalue weighted by atomic mass is 9.76. The Morgan fingerprint density at radius 3 is 0.691 bits per heavy atom. The van der Waals surface area contributed by atoms with E-state index >= 15 is 0 Å². The van der Waals surface area contributed by atoms with Gasteiger partial charge in [-0.3, -0.25) is 0 Å². The summed E-state index contributed by atoms with van der Waals surface area (Å²) in [4.78, 5) is 0. The van der Waals surface area contributed by atoms with Gasteiger partial charge in [0.1, 0.15) is 46.0 Å². The summed E-state index contributed by atoms with van der Waals surface area (Å²) in [6.45, 7) is 6.12. The zero-order valence-corrected chi connectivity index (χ0v) is 32.6. The van der Waals surface area contributed by atoms with Gasteiger partial charge in [0.05, 0.1) is 0 Å². The number of phenols is 8. The molecule has 0 heterocycles. The lowest BCUT2D eigenvalue weighted by Gasteiger charge is -2.29. The Morgan fingerprint density at radius 2 is 0.509 bits per heavy atom. The number of hydrogen-bond acceptors (Lipinski definition) is 9. The second-order valence-electron chi connectivity index (χ2n) is 15.4. The predicted octanol–water partition coefficient (Wildman–Crippen LogP) is 10.7. The molecule has 1 aliphatic rings. The summed E-state index contributed by atoms with van der Waals surface area (Å²) >= 11 is 0. The quantitative estimate of drug-likeness (QED) is 0.0533. The zero-order valence-electron chi connectivity index (χ0n) is 32.6. The van der Waals surface area contributed by atoms with E-state index in [2.05, 4.69) is 20.8 Å². The summed E-state index contributed by atoms with van der Waals surface area (Å²) in [6, 6.07) is 12.2. The van der Waals surface area contributed by atoms with Crippen molar-refractivity contribution >= 4 is 0 Å². The van der Waals surface area contributed by atoms with Crippen LogP contribution in [0.2, 0.25) is 0 Å². The van der Waals surface area contributed by atoms with Gasteiger partial charge in [0.2, 0.25) is 0 Å². The highest BCUT2D eigenvalue weighted by molar-refractivity contribution is 5.62. The molecule has 0 saturated heterocycles. The Hall–Kier alpha value is -4.76. The number of benzene rings is 4. The van der Waals surface area contributed by atoms with Crippen molar-refractivity contribution in [1.82, 2.24) is 0 Å². The molecule has 9 heteroatoms. The van der Waals surface area contributed by atoms with Gasteiger partial charge in [0, 0.05) is 99.1 Å². The molecule has 0 saturated carbocycles. The van der Waals surface area contributed by atoms with Crippen LogP contribution in [0, 0.1) is 0 Å². The summed E-state index contributed by atoms with van der Waals surface area (Å²) in [5.41, 5.74) is 3.61. The lowest BCUT2D eigenvalue weighted by Crippen LogP contribution is -2.11. The summed E-state index contributed by atoms with van der Waals surface area (Å²) in [6.07, 6.45) is 9.96. The molecule has 4 aromatic carbocycles. The first-order valence-corrected chi connectivity index (χ1v) is 20.3. The van der Waals surface area contributed by atoms with Crippen LogP contribution in [0.25, 0.3) is 0 Å². The predicted molar refractivity (Wildman–Crippen MR) is 215 cm³/mol. The van der Waals surface area contributed by atoms with Gasteiger partial charge >= 0.3 is 0 Å².